The lowest BCUT2D eigenvalue weighted by molar-refractivity contribution is 0.459. The van der Waals surface area contributed by atoms with Crippen LogP contribution in [-0.4, -0.2) is 23.1 Å². The lowest BCUT2D eigenvalue weighted by Gasteiger charge is -2.25. The fourth-order valence-electron chi connectivity index (χ4n) is 3.28. The maximum atomic E-state index is 5.65. The van der Waals surface area contributed by atoms with Gasteiger partial charge in [-0.2, -0.15) is 0 Å². The summed E-state index contributed by atoms with van der Waals surface area (Å²) in [5, 5.41) is 0. The number of hydrogen-bond acceptors (Lipinski definition) is 5. The van der Waals surface area contributed by atoms with E-state index in [1.807, 2.05) is 0 Å². The van der Waals surface area contributed by atoms with E-state index in [4.69, 9.17) is 10.8 Å². The standard InChI is InChI=1S/C16H27N5/c1-3-12-5-4-9-21(10-8-12)16-11(2)14(20-17)18-15(19-16)13-6-7-13/h12-13H,3-10,17H2,1-2H3,(H,18,19,20). The van der Waals surface area contributed by atoms with Crippen molar-refractivity contribution in [2.24, 2.45) is 11.8 Å². The van der Waals surface area contributed by atoms with Gasteiger partial charge < -0.3 is 10.3 Å². The predicted octanol–water partition coefficient (Wildman–Crippen LogP) is 2.96. The van der Waals surface area contributed by atoms with E-state index >= 15 is 0 Å². The van der Waals surface area contributed by atoms with Crippen LogP contribution in [0.2, 0.25) is 0 Å². The third-order valence-corrected chi connectivity index (χ3v) is 4.94. The molecule has 2 heterocycles. The molecule has 0 spiro atoms. The Kier molecular flexibility index (Phi) is 4.29. The van der Waals surface area contributed by atoms with Crippen molar-refractivity contribution in [2.45, 2.75) is 58.3 Å². The lowest BCUT2D eigenvalue weighted by atomic mass is 9.98. The van der Waals surface area contributed by atoms with Gasteiger partial charge in [0.05, 0.1) is 0 Å². The molecule has 0 amide bonds. The van der Waals surface area contributed by atoms with Gasteiger partial charge in [-0.1, -0.05) is 13.3 Å². The van der Waals surface area contributed by atoms with Crippen LogP contribution in [0.4, 0.5) is 11.6 Å². The zero-order valence-corrected chi connectivity index (χ0v) is 13.2. The van der Waals surface area contributed by atoms with Gasteiger partial charge in [0.25, 0.3) is 0 Å². The van der Waals surface area contributed by atoms with E-state index in [1.54, 1.807) is 0 Å². The Hall–Kier alpha value is -1.36. The summed E-state index contributed by atoms with van der Waals surface area (Å²) < 4.78 is 0. The Labute approximate surface area is 127 Å². The Morgan fingerprint density at radius 2 is 2.00 bits per heavy atom. The summed E-state index contributed by atoms with van der Waals surface area (Å²) in [6.07, 6.45) is 7.58. The van der Waals surface area contributed by atoms with E-state index in [-0.39, 0.29) is 0 Å². The smallest absolute Gasteiger partial charge is 0.148 e. The fourth-order valence-corrected chi connectivity index (χ4v) is 3.28. The van der Waals surface area contributed by atoms with Crippen LogP contribution in [0.15, 0.2) is 0 Å². The van der Waals surface area contributed by atoms with Crippen LogP contribution >= 0.6 is 0 Å². The molecule has 21 heavy (non-hydrogen) atoms. The van der Waals surface area contributed by atoms with Crippen molar-refractivity contribution in [2.75, 3.05) is 23.4 Å². The van der Waals surface area contributed by atoms with Gasteiger partial charge in [0.2, 0.25) is 0 Å². The van der Waals surface area contributed by atoms with Crippen LogP contribution in [0.5, 0.6) is 0 Å². The number of nitrogen functional groups attached to an aromatic ring is 1. The highest BCUT2D eigenvalue weighted by molar-refractivity contribution is 5.58. The average molecular weight is 289 g/mol. The maximum Gasteiger partial charge on any atom is 0.148 e. The largest absolute Gasteiger partial charge is 0.356 e. The van der Waals surface area contributed by atoms with Crippen molar-refractivity contribution in [3.05, 3.63) is 11.4 Å². The van der Waals surface area contributed by atoms with Crippen LogP contribution in [0, 0.1) is 12.8 Å². The van der Waals surface area contributed by atoms with E-state index in [1.165, 1.54) is 38.5 Å². The third kappa shape index (κ3) is 3.12. The second-order valence-electron chi connectivity index (χ2n) is 6.49. The minimum atomic E-state index is 0.548. The third-order valence-electron chi connectivity index (χ3n) is 4.94. The molecule has 2 fully saturated rings. The Bertz CT molecular complexity index is 498. The summed E-state index contributed by atoms with van der Waals surface area (Å²) in [6, 6.07) is 0. The number of nitrogens with two attached hydrogens (primary N) is 1. The molecular weight excluding hydrogens is 262 g/mol. The monoisotopic (exact) mass is 289 g/mol. The fraction of sp³-hybridized carbons (Fsp3) is 0.750. The minimum Gasteiger partial charge on any atom is -0.356 e. The summed E-state index contributed by atoms with van der Waals surface area (Å²) in [5.41, 5.74) is 3.84. The summed E-state index contributed by atoms with van der Waals surface area (Å²) >= 11 is 0. The van der Waals surface area contributed by atoms with Crippen molar-refractivity contribution in [1.82, 2.24) is 9.97 Å². The van der Waals surface area contributed by atoms with Gasteiger partial charge in [0.15, 0.2) is 0 Å². The normalized spacial score (nSPS) is 23.0. The van der Waals surface area contributed by atoms with E-state index in [0.717, 1.165) is 42.0 Å². The maximum absolute atomic E-state index is 5.65. The quantitative estimate of drug-likeness (QED) is 0.659. The Morgan fingerprint density at radius 3 is 2.67 bits per heavy atom. The van der Waals surface area contributed by atoms with Gasteiger partial charge >= 0.3 is 0 Å². The molecule has 1 atom stereocenters. The van der Waals surface area contributed by atoms with Gasteiger partial charge in [-0.3, -0.25) is 0 Å². The number of nitrogens with zero attached hydrogens (tertiary/aromatic N) is 3. The first-order valence-electron chi connectivity index (χ1n) is 8.33. The van der Waals surface area contributed by atoms with E-state index < -0.39 is 0 Å². The van der Waals surface area contributed by atoms with Crippen LogP contribution < -0.4 is 16.2 Å². The SMILES string of the molecule is CCC1CCCN(c2nc(C3CC3)nc(NN)c2C)CC1. The molecule has 116 valence electrons. The first kappa shape index (κ1) is 14.6. The number of hydrogen-bond donors (Lipinski definition) is 2. The Morgan fingerprint density at radius 1 is 1.19 bits per heavy atom. The van der Waals surface area contributed by atoms with Gasteiger partial charge in [-0.25, -0.2) is 15.8 Å². The Balaban J connectivity index is 1.87. The van der Waals surface area contributed by atoms with E-state index in [0.29, 0.717) is 5.92 Å². The first-order chi connectivity index (χ1) is 10.2. The number of hydrazine groups is 1. The zero-order chi connectivity index (χ0) is 14.8. The van der Waals surface area contributed by atoms with Crippen molar-refractivity contribution in [3.8, 4) is 0 Å². The highest BCUT2D eigenvalue weighted by Gasteiger charge is 2.29. The van der Waals surface area contributed by atoms with Gasteiger partial charge in [0, 0.05) is 24.6 Å². The highest BCUT2D eigenvalue weighted by Crippen LogP contribution is 2.40. The molecule has 1 saturated heterocycles. The second-order valence-corrected chi connectivity index (χ2v) is 6.49. The molecule has 1 aromatic heterocycles. The molecule has 2 aliphatic rings. The first-order valence-corrected chi connectivity index (χ1v) is 8.33. The molecule has 0 radical (unpaired) electrons. The highest BCUT2D eigenvalue weighted by atomic mass is 15.3. The molecule has 1 aromatic rings. The van der Waals surface area contributed by atoms with Crippen molar-refractivity contribution in [1.29, 1.82) is 0 Å². The molecule has 5 heteroatoms. The average Bonchev–Trinajstić information content (AvgIpc) is 3.34. The van der Waals surface area contributed by atoms with Crippen molar-refractivity contribution in [3.63, 3.8) is 0 Å². The van der Waals surface area contributed by atoms with Crippen LogP contribution in [-0.2, 0) is 0 Å². The van der Waals surface area contributed by atoms with Gasteiger partial charge in [-0.15, -0.1) is 0 Å². The van der Waals surface area contributed by atoms with Crippen LogP contribution in [0.25, 0.3) is 0 Å². The zero-order valence-electron chi connectivity index (χ0n) is 13.2. The molecule has 0 aromatic carbocycles. The molecule has 1 aliphatic carbocycles. The number of anilines is 2. The van der Waals surface area contributed by atoms with E-state index in [9.17, 15) is 0 Å². The molecule has 1 saturated carbocycles. The van der Waals surface area contributed by atoms with Crippen molar-refractivity contribution >= 4 is 11.6 Å². The van der Waals surface area contributed by atoms with Crippen molar-refractivity contribution < 1.29 is 0 Å². The predicted molar refractivity (Wildman–Crippen MR) is 86.4 cm³/mol. The number of nitrogens with one attached hydrogen (secondary N) is 1. The summed E-state index contributed by atoms with van der Waals surface area (Å²) in [5.74, 6) is 9.93. The van der Waals surface area contributed by atoms with Crippen LogP contribution in [0.1, 0.15) is 62.8 Å². The molecule has 0 bridgehead atoms. The topological polar surface area (TPSA) is 67.1 Å². The molecule has 1 aliphatic heterocycles. The summed E-state index contributed by atoms with van der Waals surface area (Å²) in [6.45, 7) is 6.58. The van der Waals surface area contributed by atoms with Crippen LogP contribution in [0.3, 0.4) is 0 Å². The lowest BCUT2D eigenvalue weighted by Crippen LogP contribution is -2.27. The molecule has 5 nitrogen and oxygen atoms in total. The van der Waals surface area contributed by atoms with E-state index in [2.05, 4.69) is 29.2 Å². The minimum absolute atomic E-state index is 0.548. The molecule has 3 rings (SSSR count). The van der Waals surface area contributed by atoms with Gasteiger partial charge in [-0.05, 0) is 44.9 Å². The number of aromatic nitrogens is 2. The molecular formula is C16H27N5. The summed E-state index contributed by atoms with van der Waals surface area (Å²) in [4.78, 5) is 11.9. The van der Waals surface area contributed by atoms with Gasteiger partial charge in [0.1, 0.15) is 17.5 Å². The molecule has 1 unspecified atom stereocenters. The summed E-state index contributed by atoms with van der Waals surface area (Å²) in [7, 11) is 0. The second kappa shape index (κ2) is 6.18. The molecule has 3 N–H and O–H groups in total. The number of rotatable bonds is 4.